The van der Waals surface area contributed by atoms with Crippen LogP contribution in [-0.4, -0.2) is 122 Å². The minimum absolute atomic E-state index is 0. The molecule has 3 heterocycles. The smallest absolute Gasteiger partial charge is 0.312 e. The first-order chi connectivity index (χ1) is 34.2. The molecule has 7 N–H and O–H groups in total. The molecule has 1 saturated heterocycles. The molecule has 2 aliphatic heterocycles. The largest absolute Gasteiger partial charge is 1.00 e. The number of nitrogens with one attached hydrogen (secondary N) is 5. The van der Waals surface area contributed by atoms with Gasteiger partial charge in [-0.25, -0.2) is 13.8 Å². The van der Waals surface area contributed by atoms with Crippen LogP contribution < -0.4 is 58.8 Å². The highest BCUT2D eigenvalue weighted by Crippen LogP contribution is 2.35. The molecule has 72 heavy (non-hydrogen) atoms. The van der Waals surface area contributed by atoms with Gasteiger partial charge in [-0.3, -0.25) is 33.8 Å². The normalized spacial score (nSPS) is 14.4. The van der Waals surface area contributed by atoms with Gasteiger partial charge in [0, 0.05) is 74.8 Å². The molecule has 3 aromatic carbocycles. The van der Waals surface area contributed by atoms with Crippen LogP contribution in [0, 0.1) is 11.7 Å². The number of imide groups is 1. The first-order valence-electron chi connectivity index (χ1n) is 23.8. The van der Waals surface area contributed by atoms with Crippen molar-refractivity contribution in [3.8, 4) is 11.5 Å². The number of amides is 7. The third-order valence-electron chi connectivity index (χ3n) is 12.0. The summed E-state index contributed by atoms with van der Waals surface area (Å²) in [5, 5.41) is 14.9. The number of primary amides is 1. The zero-order valence-corrected chi connectivity index (χ0v) is 42.2. The molecule has 19 nitrogen and oxygen atoms in total. The van der Waals surface area contributed by atoms with Crippen LogP contribution in [0.3, 0.4) is 0 Å². The lowest BCUT2D eigenvalue weighted by atomic mass is 10.0. The van der Waals surface area contributed by atoms with E-state index in [-0.39, 0.29) is 67.0 Å². The number of carbonyl (C=O) groups excluding carboxylic acids is 6. The molecule has 0 bridgehead atoms. The second-order valence-electron chi connectivity index (χ2n) is 17.6. The number of anilines is 3. The molecule has 7 amide bonds. The zero-order chi connectivity index (χ0) is 50.9. The zero-order valence-electron chi connectivity index (χ0n) is 40.6. The van der Waals surface area contributed by atoms with Crippen molar-refractivity contribution in [3.63, 3.8) is 0 Å². The van der Waals surface area contributed by atoms with Crippen molar-refractivity contribution in [2.45, 2.75) is 77.4 Å². The van der Waals surface area contributed by atoms with E-state index in [1.54, 1.807) is 45.5 Å². The number of urea groups is 1. The van der Waals surface area contributed by atoms with Gasteiger partial charge in [0.05, 0.1) is 37.3 Å². The monoisotopic (exact) mass is 1040 g/mol. The quantitative estimate of drug-likeness (QED) is 0.0300. The minimum Gasteiger partial charge on any atom is -1.00 e. The van der Waals surface area contributed by atoms with Crippen molar-refractivity contribution in [3.05, 3.63) is 89.5 Å². The fraction of sp³-hybridized carbons (Fsp3) is 0.440. The standard InChI is InChI=1S/C50H62ClFN10O9.ClH/c1-32(2)46(59-43(63)10-5-4-6-21-62-44(64)17-18-45(62)65)49(67)58-39(9-7-19-54-50(53)68)48(66)57-34-13-11-33(12-14-34)30-61-31-55-47(56-35-15-16-38(52)37(51)27-35)36-28-42(41(69-3)29-40(36)61)71-24-8-20-60-22-25-70-26-23-60;/h11-18,27-29,31-32,39,46H,4-10,19-26,30H2,1-3H3,(H6,53,54,57,58,59,63,66,67,68);1H. The molecule has 388 valence electrons. The maximum absolute atomic E-state index is 14.1. The van der Waals surface area contributed by atoms with Crippen LogP contribution >= 0.6 is 11.6 Å². The fourth-order valence-corrected chi connectivity index (χ4v) is 8.25. The molecule has 6 rings (SSSR count). The van der Waals surface area contributed by atoms with Crippen molar-refractivity contribution < 1.29 is 64.3 Å². The molecule has 2 aliphatic rings. The Kier molecular flexibility index (Phi) is 21.8. The Balaban J connectivity index is 0.00000963. The van der Waals surface area contributed by atoms with Crippen LogP contribution in [0.2, 0.25) is 5.02 Å². The Morgan fingerprint density at radius 1 is 0.889 bits per heavy atom. The Labute approximate surface area is 429 Å². The summed E-state index contributed by atoms with van der Waals surface area (Å²) in [4.78, 5) is 83.7. The van der Waals surface area contributed by atoms with E-state index in [9.17, 15) is 33.2 Å². The summed E-state index contributed by atoms with van der Waals surface area (Å²) >= 11 is 6.12. The number of nitrogens with zero attached hydrogens (tertiary/aromatic N) is 4. The molecule has 2 unspecified atom stereocenters. The number of methoxy groups -OCH3 is 1. The van der Waals surface area contributed by atoms with E-state index in [0.29, 0.717) is 86.1 Å². The van der Waals surface area contributed by atoms with Gasteiger partial charge in [-0.2, -0.15) is 0 Å². The van der Waals surface area contributed by atoms with E-state index in [0.717, 1.165) is 42.0 Å². The molecule has 1 aromatic heterocycles. The summed E-state index contributed by atoms with van der Waals surface area (Å²) in [6.45, 7) is 8.86. The molecule has 0 aliphatic carbocycles. The summed E-state index contributed by atoms with van der Waals surface area (Å²) in [6.07, 6.45) is 7.10. The second kappa shape index (κ2) is 27.8. The molecule has 0 saturated carbocycles. The van der Waals surface area contributed by atoms with Crippen molar-refractivity contribution in [2.24, 2.45) is 11.7 Å². The number of hydrogen-bond donors (Lipinski definition) is 6. The maximum Gasteiger partial charge on any atom is 0.312 e. The molecule has 0 radical (unpaired) electrons. The summed E-state index contributed by atoms with van der Waals surface area (Å²) in [6, 6.07) is 12.5. The van der Waals surface area contributed by atoms with Crippen LogP contribution in [0.5, 0.6) is 11.5 Å². The average Bonchev–Trinajstić information content (AvgIpc) is 3.67. The van der Waals surface area contributed by atoms with Crippen molar-refractivity contribution in [2.75, 3.05) is 70.3 Å². The lowest BCUT2D eigenvalue weighted by molar-refractivity contribution is -0.665. The van der Waals surface area contributed by atoms with Crippen LogP contribution in [0.25, 0.3) is 10.9 Å². The van der Waals surface area contributed by atoms with E-state index >= 15 is 0 Å². The average molecular weight is 1040 g/mol. The number of hydrogen-bond acceptors (Lipinski definition) is 12. The van der Waals surface area contributed by atoms with Crippen LogP contribution in [0.1, 0.15) is 64.4 Å². The first-order valence-corrected chi connectivity index (χ1v) is 24.2. The van der Waals surface area contributed by atoms with Crippen molar-refractivity contribution >= 4 is 75.3 Å². The summed E-state index contributed by atoms with van der Waals surface area (Å²) in [5.41, 5.74) is 7.84. The van der Waals surface area contributed by atoms with Gasteiger partial charge in [0.15, 0.2) is 11.5 Å². The lowest BCUT2D eigenvalue weighted by Crippen LogP contribution is -3.00. The predicted molar refractivity (Wildman–Crippen MR) is 265 cm³/mol. The Morgan fingerprint density at radius 2 is 1.61 bits per heavy atom. The van der Waals surface area contributed by atoms with Crippen molar-refractivity contribution in [1.82, 2.24) is 30.7 Å². The summed E-state index contributed by atoms with van der Waals surface area (Å²) in [7, 11) is 1.58. The third kappa shape index (κ3) is 16.5. The number of benzene rings is 3. The number of morpholine rings is 1. The van der Waals surface area contributed by atoms with E-state index in [2.05, 4.69) is 31.5 Å². The number of aromatic nitrogens is 2. The third-order valence-corrected chi connectivity index (χ3v) is 12.3. The minimum atomic E-state index is -1.04. The first kappa shape index (κ1) is 56.3. The molecule has 2 atom stereocenters. The van der Waals surface area contributed by atoms with E-state index in [1.165, 1.54) is 24.3 Å². The van der Waals surface area contributed by atoms with Gasteiger partial charge in [0.2, 0.25) is 17.7 Å². The highest BCUT2D eigenvalue weighted by atomic mass is 35.5. The number of nitrogens with two attached hydrogens (primary N) is 1. The summed E-state index contributed by atoms with van der Waals surface area (Å²) in [5.74, 6) is -1.47. The topological polar surface area (TPSA) is 240 Å². The van der Waals surface area contributed by atoms with Gasteiger partial charge >= 0.3 is 6.03 Å². The van der Waals surface area contributed by atoms with Gasteiger partial charge in [0.1, 0.15) is 30.0 Å². The molecule has 22 heteroatoms. The van der Waals surface area contributed by atoms with Crippen LogP contribution in [0.15, 0.2) is 73.1 Å². The molecular formula is C50H63Cl2FN10O9. The number of carbonyl (C=O) groups is 6. The predicted octanol–water partition coefficient (Wildman–Crippen LogP) is 1.72. The van der Waals surface area contributed by atoms with Crippen LogP contribution in [0.4, 0.5) is 26.4 Å². The van der Waals surface area contributed by atoms with Gasteiger partial charge in [-0.15, -0.1) is 0 Å². The fourth-order valence-electron chi connectivity index (χ4n) is 8.07. The molecular weight excluding hydrogens is 975 g/mol. The number of fused-ring (bicyclic) bond motifs is 1. The highest BCUT2D eigenvalue weighted by molar-refractivity contribution is 6.31. The number of halogens is 3. The number of rotatable bonds is 26. The summed E-state index contributed by atoms with van der Waals surface area (Å²) < 4.78 is 33.6. The lowest BCUT2D eigenvalue weighted by Gasteiger charge is -2.26. The molecule has 0 spiro atoms. The highest BCUT2D eigenvalue weighted by Gasteiger charge is 2.29. The maximum atomic E-state index is 14.1. The number of ether oxygens (including phenoxy) is 3. The van der Waals surface area contributed by atoms with E-state index in [1.807, 2.05) is 28.8 Å². The van der Waals surface area contributed by atoms with Crippen LogP contribution in [-0.2, 0) is 35.3 Å². The number of unbranched alkanes of at least 4 members (excludes halogenated alkanes) is 2. The Morgan fingerprint density at radius 3 is 2.29 bits per heavy atom. The van der Waals surface area contributed by atoms with E-state index in [4.69, 9.17) is 36.5 Å². The van der Waals surface area contributed by atoms with Gasteiger partial charge in [-0.05, 0) is 78.9 Å². The van der Waals surface area contributed by atoms with Gasteiger partial charge in [-0.1, -0.05) is 44.0 Å². The van der Waals surface area contributed by atoms with E-state index < -0.39 is 35.7 Å². The van der Waals surface area contributed by atoms with Gasteiger partial charge < -0.3 is 58.9 Å². The molecule has 1 fully saturated rings. The SMILES string of the molecule is COc1cc2c(cc1OCCCN1CCOCC1)c(Nc1ccc(F)c(Cl)c1)nc[n+]2Cc1ccc(NC(=O)C(CCCNC(N)=O)NC(=O)C(NC(=O)CCCCCN2C(=O)C=CC2=O)C(C)C)cc1.[Cl-]. The molecule has 4 aromatic rings. The second-order valence-corrected chi connectivity index (χ2v) is 18.0. The van der Waals surface area contributed by atoms with Gasteiger partial charge in [0.25, 0.3) is 24.0 Å². The Hall–Kier alpha value is -6.61. The van der Waals surface area contributed by atoms with Crippen molar-refractivity contribution in [1.29, 1.82) is 0 Å². The Bertz CT molecular complexity index is 2550.